The molecule has 30 heavy (non-hydrogen) atoms. The molecular weight excluding hydrogens is 372 g/mol. The zero-order valence-corrected chi connectivity index (χ0v) is 20.7. The number of ether oxygens (including phenoxy) is 2. The van der Waals surface area contributed by atoms with Crippen LogP contribution in [-0.4, -0.2) is 19.4 Å². The molecule has 0 saturated carbocycles. The van der Waals surface area contributed by atoms with Crippen LogP contribution in [0.15, 0.2) is 0 Å². The summed E-state index contributed by atoms with van der Waals surface area (Å²) in [7, 11) is 0. The molecule has 0 bridgehead atoms. The Morgan fingerprint density at radius 2 is 0.700 bits per heavy atom. The first-order chi connectivity index (χ1) is 14.8. The number of carbonyl (C=O) groups is 1. The molecule has 0 unspecified atom stereocenters. The van der Waals surface area contributed by atoms with Crippen LogP contribution >= 0.6 is 0 Å². The van der Waals surface area contributed by atoms with Crippen LogP contribution in [-0.2, 0) is 9.47 Å². The molecule has 0 aliphatic rings. The summed E-state index contributed by atoms with van der Waals surface area (Å²) in [5, 5.41) is 0. The van der Waals surface area contributed by atoms with Gasteiger partial charge in [0, 0.05) is 0 Å². The van der Waals surface area contributed by atoms with E-state index in [1.54, 1.807) is 0 Å². The zero-order chi connectivity index (χ0) is 22.0. The lowest BCUT2D eigenvalue weighted by atomic mass is 10.0. The van der Waals surface area contributed by atoms with Gasteiger partial charge >= 0.3 is 6.16 Å². The normalized spacial score (nSPS) is 11.0. The average molecular weight is 427 g/mol. The predicted octanol–water partition coefficient (Wildman–Crippen LogP) is 9.76. The maximum atomic E-state index is 11.2. The van der Waals surface area contributed by atoms with E-state index < -0.39 is 6.16 Å². The Labute approximate surface area is 189 Å². The Morgan fingerprint density at radius 3 is 1.03 bits per heavy atom. The first-order valence-corrected chi connectivity index (χ1v) is 13.6. The summed E-state index contributed by atoms with van der Waals surface area (Å²) in [5.74, 6) is 0. The highest BCUT2D eigenvalue weighted by atomic mass is 16.7. The third-order valence-electron chi connectivity index (χ3n) is 5.89. The van der Waals surface area contributed by atoms with Gasteiger partial charge in [-0.2, -0.15) is 0 Å². The van der Waals surface area contributed by atoms with Crippen molar-refractivity contribution in [3.63, 3.8) is 0 Å². The number of hydrogen-bond donors (Lipinski definition) is 0. The minimum Gasteiger partial charge on any atom is -0.434 e. The fourth-order valence-electron chi connectivity index (χ4n) is 3.92. The molecule has 0 amide bonds. The summed E-state index contributed by atoms with van der Waals surface area (Å²) in [4.78, 5) is 11.2. The molecule has 0 spiro atoms. The molecule has 0 radical (unpaired) electrons. The van der Waals surface area contributed by atoms with Gasteiger partial charge in [-0.15, -0.1) is 0 Å². The topological polar surface area (TPSA) is 35.5 Å². The van der Waals surface area contributed by atoms with Crippen molar-refractivity contribution in [3.05, 3.63) is 0 Å². The molecule has 0 saturated heterocycles. The minimum atomic E-state index is -0.509. The highest BCUT2D eigenvalue weighted by Crippen LogP contribution is 2.15. The largest absolute Gasteiger partial charge is 0.508 e. The van der Waals surface area contributed by atoms with Crippen molar-refractivity contribution in [1.82, 2.24) is 0 Å². The molecule has 0 heterocycles. The fourth-order valence-corrected chi connectivity index (χ4v) is 3.92. The van der Waals surface area contributed by atoms with Crippen molar-refractivity contribution < 1.29 is 14.3 Å². The summed E-state index contributed by atoms with van der Waals surface area (Å²) in [6.07, 6.45) is 29.4. The van der Waals surface area contributed by atoms with Crippen LogP contribution in [0.25, 0.3) is 0 Å². The maximum absolute atomic E-state index is 11.2. The Hall–Kier alpha value is -0.730. The first-order valence-electron chi connectivity index (χ1n) is 13.6. The molecule has 0 rings (SSSR count). The third-order valence-corrected chi connectivity index (χ3v) is 5.89. The van der Waals surface area contributed by atoms with E-state index in [2.05, 4.69) is 6.92 Å². The van der Waals surface area contributed by atoms with Crippen LogP contribution < -0.4 is 0 Å². The second-order valence-corrected chi connectivity index (χ2v) is 9.02. The molecule has 0 fully saturated rings. The first kappa shape index (κ1) is 29.3. The number of unbranched alkanes of at least 4 members (excludes halogenated alkanes) is 20. The van der Waals surface area contributed by atoms with Crippen LogP contribution in [0, 0.1) is 0 Å². The van der Waals surface area contributed by atoms with Gasteiger partial charge in [0.15, 0.2) is 0 Å². The van der Waals surface area contributed by atoms with Gasteiger partial charge in [0.1, 0.15) is 0 Å². The van der Waals surface area contributed by atoms with E-state index >= 15 is 0 Å². The van der Waals surface area contributed by atoms with E-state index in [9.17, 15) is 4.79 Å². The molecule has 0 aliphatic heterocycles. The van der Waals surface area contributed by atoms with Gasteiger partial charge in [-0.1, -0.05) is 142 Å². The standard InChI is InChI=1S/C27H54O3/c1-3-5-6-7-8-9-10-11-12-13-14-15-16-17-18-19-20-21-22-23-24-26-30-27(28)29-25-4-2/h3-26H2,1-2H3. The lowest BCUT2D eigenvalue weighted by molar-refractivity contribution is 0.0541. The molecule has 0 aromatic carbocycles. The Bertz CT molecular complexity index is 330. The van der Waals surface area contributed by atoms with Crippen molar-refractivity contribution >= 4 is 6.16 Å². The third kappa shape index (κ3) is 25.3. The van der Waals surface area contributed by atoms with Gasteiger partial charge in [0.25, 0.3) is 0 Å². The smallest absolute Gasteiger partial charge is 0.434 e. The fraction of sp³-hybridized carbons (Fsp3) is 0.963. The molecule has 3 heteroatoms. The molecule has 0 atom stereocenters. The Balaban J connectivity index is 3.04. The highest BCUT2D eigenvalue weighted by molar-refractivity contribution is 5.59. The quantitative estimate of drug-likeness (QED) is 0.114. The van der Waals surface area contributed by atoms with E-state index in [-0.39, 0.29) is 0 Å². The van der Waals surface area contributed by atoms with E-state index in [1.165, 1.54) is 122 Å². The van der Waals surface area contributed by atoms with Crippen molar-refractivity contribution in [2.45, 2.75) is 155 Å². The summed E-state index contributed by atoms with van der Waals surface area (Å²) >= 11 is 0. The van der Waals surface area contributed by atoms with E-state index in [4.69, 9.17) is 9.47 Å². The van der Waals surface area contributed by atoms with Crippen molar-refractivity contribution in [3.8, 4) is 0 Å². The number of carbonyl (C=O) groups excluding carboxylic acids is 1. The second kappa shape index (κ2) is 26.3. The molecule has 180 valence electrons. The highest BCUT2D eigenvalue weighted by Gasteiger charge is 2.01. The van der Waals surface area contributed by atoms with Gasteiger partial charge in [-0.05, 0) is 12.8 Å². The number of hydrogen-bond acceptors (Lipinski definition) is 3. The maximum Gasteiger partial charge on any atom is 0.508 e. The van der Waals surface area contributed by atoms with Gasteiger partial charge in [-0.3, -0.25) is 0 Å². The summed E-state index contributed by atoms with van der Waals surface area (Å²) < 4.78 is 9.90. The molecule has 0 aromatic rings. The van der Waals surface area contributed by atoms with Crippen LogP contribution in [0.3, 0.4) is 0 Å². The molecule has 0 N–H and O–H groups in total. The van der Waals surface area contributed by atoms with E-state index in [1.807, 2.05) is 6.92 Å². The van der Waals surface area contributed by atoms with Gasteiger partial charge in [0.05, 0.1) is 13.2 Å². The summed E-state index contributed by atoms with van der Waals surface area (Å²) in [6.45, 7) is 5.23. The lowest BCUT2D eigenvalue weighted by Crippen LogP contribution is -2.08. The van der Waals surface area contributed by atoms with Crippen LogP contribution in [0.5, 0.6) is 0 Å². The SMILES string of the molecule is CCCCCCCCCCCCCCCCCCCCCCCOC(=O)OCCC. The molecule has 3 nitrogen and oxygen atoms in total. The zero-order valence-electron chi connectivity index (χ0n) is 20.7. The van der Waals surface area contributed by atoms with Gasteiger partial charge in [-0.25, -0.2) is 4.79 Å². The number of rotatable bonds is 24. The van der Waals surface area contributed by atoms with Crippen molar-refractivity contribution in [1.29, 1.82) is 0 Å². The molecular formula is C27H54O3. The predicted molar refractivity (Wildman–Crippen MR) is 130 cm³/mol. The van der Waals surface area contributed by atoms with Crippen LogP contribution in [0.1, 0.15) is 155 Å². The minimum absolute atomic E-state index is 0.456. The Morgan fingerprint density at radius 1 is 0.400 bits per heavy atom. The van der Waals surface area contributed by atoms with Crippen LogP contribution in [0.2, 0.25) is 0 Å². The molecule has 0 aromatic heterocycles. The Kier molecular flexibility index (Phi) is 25.7. The second-order valence-electron chi connectivity index (χ2n) is 9.02. The van der Waals surface area contributed by atoms with Crippen molar-refractivity contribution in [2.75, 3.05) is 13.2 Å². The monoisotopic (exact) mass is 426 g/mol. The summed E-state index contributed by atoms with van der Waals surface area (Å²) in [6, 6.07) is 0. The van der Waals surface area contributed by atoms with E-state index in [0.29, 0.717) is 13.2 Å². The molecule has 0 aliphatic carbocycles. The lowest BCUT2D eigenvalue weighted by Gasteiger charge is -2.05. The average Bonchev–Trinajstić information content (AvgIpc) is 2.75. The van der Waals surface area contributed by atoms with E-state index in [0.717, 1.165) is 19.3 Å². The summed E-state index contributed by atoms with van der Waals surface area (Å²) in [5.41, 5.74) is 0. The van der Waals surface area contributed by atoms with Gasteiger partial charge in [0.2, 0.25) is 0 Å². The van der Waals surface area contributed by atoms with Crippen LogP contribution in [0.4, 0.5) is 4.79 Å². The van der Waals surface area contributed by atoms with Crippen molar-refractivity contribution in [2.24, 2.45) is 0 Å². The van der Waals surface area contributed by atoms with Gasteiger partial charge < -0.3 is 9.47 Å².